The molecule has 96 valence electrons. The number of hydrogen-bond acceptors (Lipinski definition) is 3. The van der Waals surface area contributed by atoms with Crippen LogP contribution in [0.4, 0.5) is 11.4 Å². The molecule has 3 amide bonds. The average Bonchev–Trinajstić information content (AvgIpc) is 2.26. The number of hydrogen-bond donors (Lipinski definition) is 3. The van der Waals surface area contributed by atoms with Crippen molar-refractivity contribution in [3.05, 3.63) is 24.3 Å². The fourth-order valence-corrected chi connectivity index (χ4v) is 1.34. The van der Waals surface area contributed by atoms with Crippen LogP contribution in [0.5, 0.6) is 0 Å². The van der Waals surface area contributed by atoms with E-state index in [0.717, 1.165) is 0 Å². The predicted octanol–water partition coefficient (Wildman–Crippen LogP) is 0.849. The Balaban J connectivity index is 2.58. The lowest BCUT2D eigenvalue weighted by Crippen LogP contribution is -2.17. The van der Waals surface area contributed by atoms with Gasteiger partial charge in [0, 0.05) is 31.1 Å². The van der Waals surface area contributed by atoms with Crippen LogP contribution in [-0.2, 0) is 14.4 Å². The Bertz CT molecular complexity index is 471. The van der Waals surface area contributed by atoms with E-state index in [1.54, 1.807) is 24.3 Å². The van der Waals surface area contributed by atoms with Crippen molar-refractivity contribution in [2.45, 2.75) is 19.8 Å². The topological polar surface area (TPSA) is 101 Å². The molecule has 0 spiro atoms. The van der Waals surface area contributed by atoms with Gasteiger partial charge in [0.2, 0.25) is 17.7 Å². The molecule has 0 unspecified atom stereocenters. The standard InChI is InChI=1S/C12H15N3O3/c1-8(16)14-9-3-2-4-10(7-9)15-12(18)6-5-11(13)17/h2-4,7H,5-6H2,1H3,(H2,13,17)(H,14,16)(H,15,18). The molecule has 0 radical (unpaired) electrons. The molecule has 0 aliphatic carbocycles. The van der Waals surface area contributed by atoms with Gasteiger partial charge < -0.3 is 16.4 Å². The summed E-state index contributed by atoms with van der Waals surface area (Å²) in [5, 5.41) is 5.22. The molecule has 0 heterocycles. The van der Waals surface area contributed by atoms with E-state index < -0.39 is 5.91 Å². The molecule has 0 aliphatic rings. The summed E-state index contributed by atoms with van der Waals surface area (Å²) in [5.41, 5.74) is 6.09. The van der Waals surface area contributed by atoms with E-state index in [1.807, 2.05) is 0 Å². The zero-order valence-corrected chi connectivity index (χ0v) is 10.0. The minimum absolute atomic E-state index is 0.0111. The lowest BCUT2D eigenvalue weighted by atomic mass is 10.2. The van der Waals surface area contributed by atoms with E-state index in [2.05, 4.69) is 10.6 Å². The van der Waals surface area contributed by atoms with Crippen LogP contribution in [0.25, 0.3) is 0 Å². The minimum atomic E-state index is -0.517. The van der Waals surface area contributed by atoms with E-state index in [0.29, 0.717) is 11.4 Å². The Hall–Kier alpha value is -2.37. The van der Waals surface area contributed by atoms with Crippen LogP contribution in [-0.4, -0.2) is 17.7 Å². The molecule has 0 fully saturated rings. The number of amides is 3. The lowest BCUT2D eigenvalue weighted by Gasteiger charge is -2.07. The first kappa shape index (κ1) is 13.7. The van der Waals surface area contributed by atoms with Crippen LogP contribution >= 0.6 is 0 Å². The van der Waals surface area contributed by atoms with E-state index in [4.69, 9.17) is 5.73 Å². The molecule has 6 nitrogen and oxygen atoms in total. The second-order valence-corrected chi connectivity index (χ2v) is 3.78. The summed E-state index contributed by atoms with van der Waals surface area (Å²) in [6.45, 7) is 1.40. The molecule has 1 aromatic rings. The summed E-state index contributed by atoms with van der Waals surface area (Å²) >= 11 is 0. The van der Waals surface area contributed by atoms with Gasteiger partial charge in [-0.2, -0.15) is 0 Å². The molecule has 0 aromatic heterocycles. The SMILES string of the molecule is CC(=O)Nc1cccc(NC(=O)CCC(N)=O)c1. The number of anilines is 2. The van der Waals surface area contributed by atoms with Crippen LogP contribution in [0.15, 0.2) is 24.3 Å². The van der Waals surface area contributed by atoms with Crippen molar-refractivity contribution in [1.29, 1.82) is 0 Å². The van der Waals surface area contributed by atoms with Crippen LogP contribution in [0.3, 0.4) is 0 Å². The van der Waals surface area contributed by atoms with Crippen molar-refractivity contribution in [3.63, 3.8) is 0 Å². The van der Waals surface area contributed by atoms with Crippen LogP contribution in [0.1, 0.15) is 19.8 Å². The Kier molecular flexibility index (Phi) is 4.86. The van der Waals surface area contributed by atoms with Gasteiger partial charge in [-0.1, -0.05) is 6.07 Å². The van der Waals surface area contributed by atoms with Gasteiger partial charge >= 0.3 is 0 Å². The summed E-state index contributed by atoms with van der Waals surface area (Å²) in [7, 11) is 0. The molecule has 0 atom stereocenters. The number of nitrogens with two attached hydrogens (primary N) is 1. The molecular weight excluding hydrogens is 234 g/mol. The van der Waals surface area contributed by atoms with Crippen molar-refractivity contribution in [1.82, 2.24) is 0 Å². The van der Waals surface area contributed by atoms with E-state index in [-0.39, 0.29) is 24.7 Å². The Morgan fingerprint density at radius 1 is 1.11 bits per heavy atom. The summed E-state index contributed by atoms with van der Waals surface area (Å²) in [4.78, 5) is 32.8. The molecule has 18 heavy (non-hydrogen) atoms. The third-order valence-electron chi connectivity index (χ3n) is 2.07. The number of carbonyl (C=O) groups excluding carboxylic acids is 3. The van der Waals surface area contributed by atoms with E-state index in [1.165, 1.54) is 6.92 Å². The van der Waals surface area contributed by atoms with Gasteiger partial charge in [0.1, 0.15) is 0 Å². The second kappa shape index (κ2) is 6.39. The fraction of sp³-hybridized carbons (Fsp3) is 0.250. The molecule has 4 N–H and O–H groups in total. The molecule has 0 aliphatic heterocycles. The first-order chi connectivity index (χ1) is 8.47. The molecule has 0 saturated heterocycles. The zero-order valence-electron chi connectivity index (χ0n) is 10.0. The zero-order chi connectivity index (χ0) is 13.5. The quantitative estimate of drug-likeness (QED) is 0.720. The van der Waals surface area contributed by atoms with Crippen LogP contribution < -0.4 is 16.4 Å². The minimum Gasteiger partial charge on any atom is -0.370 e. The molecular formula is C12H15N3O3. The number of benzene rings is 1. The largest absolute Gasteiger partial charge is 0.370 e. The van der Waals surface area contributed by atoms with Crippen molar-refractivity contribution in [2.75, 3.05) is 10.6 Å². The maximum Gasteiger partial charge on any atom is 0.224 e. The Labute approximate surface area is 105 Å². The molecule has 1 rings (SSSR count). The number of nitrogens with one attached hydrogen (secondary N) is 2. The van der Waals surface area contributed by atoms with Gasteiger partial charge in [-0.25, -0.2) is 0 Å². The summed E-state index contributed by atoms with van der Waals surface area (Å²) in [6.07, 6.45) is 0.0525. The van der Waals surface area contributed by atoms with Gasteiger partial charge in [-0.3, -0.25) is 14.4 Å². The molecule has 1 aromatic carbocycles. The Morgan fingerprint density at radius 3 is 2.28 bits per heavy atom. The highest BCUT2D eigenvalue weighted by Gasteiger charge is 2.05. The molecule has 0 saturated carbocycles. The van der Waals surface area contributed by atoms with Gasteiger partial charge in [0.05, 0.1) is 0 Å². The van der Waals surface area contributed by atoms with Gasteiger partial charge in [0.25, 0.3) is 0 Å². The first-order valence-electron chi connectivity index (χ1n) is 5.43. The molecule has 0 bridgehead atoms. The van der Waals surface area contributed by atoms with Gasteiger partial charge in [0.15, 0.2) is 0 Å². The van der Waals surface area contributed by atoms with Crippen molar-refractivity contribution >= 4 is 29.1 Å². The lowest BCUT2D eigenvalue weighted by molar-refractivity contribution is -0.122. The summed E-state index contributed by atoms with van der Waals surface area (Å²) in [6, 6.07) is 6.73. The fourth-order valence-electron chi connectivity index (χ4n) is 1.34. The van der Waals surface area contributed by atoms with Crippen LogP contribution in [0.2, 0.25) is 0 Å². The van der Waals surface area contributed by atoms with E-state index >= 15 is 0 Å². The second-order valence-electron chi connectivity index (χ2n) is 3.78. The maximum absolute atomic E-state index is 11.4. The van der Waals surface area contributed by atoms with E-state index in [9.17, 15) is 14.4 Å². The monoisotopic (exact) mass is 249 g/mol. The number of rotatable bonds is 5. The smallest absolute Gasteiger partial charge is 0.224 e. The summed E-state index contributed by atoms with van der Waals surface area (Å²) in [5.74, 6) is -1.00. The van der Waals surface area contributed by atoms with Crippen molar-refractivity contribution in [3.8, 4) is 0 Å². The normalized spacial score (nSPS) is 9.61. The predicted molar refractivity (Wildman–Crippen MR) is 67.8 cm³/mol. The highest BCUT2D eigenvalue weighted by Crippen LogP contribution is 2.15. The highest BCUT2D eigenvalue weighted by atomic mass is 16.2. The van der Waals surface area contributed by atoms with Crippen LogP contribution in [0, 0.1) is 0 Å². The van der Waals surface area contributed by atoms with Gasteiger partial charge in [-0.05, 0) is 18.2 Å². The number of primary amides is 1. The highest BCUT2D eigenvalue weighted by molar-refractivity contribution is 5.94. The van der Waals surface area contributed by atoms with Crippen molar-refractivity contribution < 1.29 is 14.4 Å². The van der Waals surface area contributed by atoms with Gasteiger partial charge in [-0.15, -0.1) is 0 Å². The third-order valence-corrected chi connectivity index (χ3v) is 2.07. The molecule has 6 heteroatoms. The third kappa shape index (κ3) is 5.11. The Morgan fingerprint density at radius 2 is 1.72 bits per heavy atom. The van der Waals surface area contributed by atoms with Crippen molar-refractivity contribution in [2.24, 2.45) is 5.73 Å². The summed E-state index contributed by atoms with van der Waals surface area (Å²) < 4.78 is 0. The maximum atomic E-state index is 11.4. The first-order valence-corrected chi connectivity index (χ1v) is 5.43. The number of carbonyl (C=O) groups is 3. The average molecular weight is 249 g/mol.